The zero-order valence-corrected chi connectivity index (χ0v) is 4.42. The molecule has 46 valence electrons. The molecule has 0 aliphatic rings. The molecule has 0 aliphatic heterocycles. The van der Waals surface area contributed by atoms with Crippen LogP contribution in [-0.4, -0.2) is 11.1 Å². The van der Waals surface area contributed by atoms with Crippen molar-refractivity contribution >= 4 is 5.97 Å². The Labute approximate surface area is 46.5 Å². The summed E-state index contributed by atoms with van der Waals surface area (Å²) in [5, 5.41) is 8.11. The van der Waals surface area contributed by atoms with Crippen LogP contribution >= 0.6 is 0 Å². The van der Waals surface area contributed by atoms with Crippen LogP contribution in [0.5, 0.6) is 0 Å². The van der Waals surface area contributed by atoms with E-state index in [1.54, 1.807) is 0 Å². The summed E-state index contributed by atoms with van der Waals surface area (Å²) in [6, 6.07) is 0. The van der Waals surface area contributed by atoms with Crippen molar-refractivity contribution in [3.05, 3.63) is 11.8 Å². The lowest BCUT2D eigenvalue weighted by molar-refractivity contribution is -0.132. The molecule has 4 nitrogen and oxygen atoms in total. The first-order valence-corrected chi connectivity index (χ1v) is 1.94. The Bertz CT molecular complexity index is 118. The summed E-state index contributed by atoms with van der Waals surface area (Å²) in [6.07, 6.45) is 0.961. The molecule has 0 bridgehead atoms. The van der Waals surface area contributed by atoms with Crippen LogP contribution in [-0.2, 0) is 9.63 Å². The molecule has 0 atom stereocenters. The number of nitrogens with two attached hydrogens (primary N) is 1. The van der Waals surface area contributed by atoms with Crippen molar-refractivity contribution in [2.24, 2.45) is 5.90 Å². The predicted octanol–water partition coefficient (Wildman–Crippen LogP) is -0.135. The number of carbonyl (C=O) groups is 1. The minimum atomic E-state index is -1.03. The van der Waals surface area contributed by atoms with Gasteiger partial charge >= 0.3 is 5.97 Å². The second-order valence-electron chi connectivity index (χ2n) is 1.24. The van der Waals surface area contributed by atoms with Gasteiger partial charge in [-0.1, -0.05) is 0 Å². The summed E-state index contributed by atoms with van der Waals surface area (Å²) in [4.78, 5) is 13.8. The van der Waals surface area contributed by atoms with Crippen molar-refractivity contribution in [2.75, 3.05) is 0 Å². The fourth-order valence-electron chi connectivity index (χ4n) is 0.152. The van der Waals surface area contributed by atoms with Crippen LogP contribution in [0, 0.1) is 0 Å². The van der Waals surface area contributed by atoms with Gasteiger partial charge < -0.3 is 9.94 Å². The number of carboxylic acid groups (broad SMARTS) is 1. The van der Waals surface area contributed by atoms with Crippen LogP contribution in [0.1, 0.15) is 6.92 Å². The molecular formula is C4H7NO3. The first-order valence-electron chi connectivity index (χ1n) is 1.94. The van der Waals surface area contributed by atoms with Gasteiger partial charge in [0.25, 0.3) is 0 Å². The molecule has 0 saturated heterocycles. The fourth-order valence-corrected chi connectivity index (χ4v) is 0.152. The zero-order valence-electron chi connectivity index (χ0n) is 4.42. The second-order valence-corrected chi connectivity index (χ2v) is 1.24. The highest BCUT2D eigenvalue weighted by Crippen LogP contribution is 1.88. The summed E-state index contributed by atoms with van der Waals surface area (Å²) < 4.78 is 0. The van der Waals surface area contributed by atoms with E-state index in [9.17, 15) is 4.79 Å². The summed E-state index contributed by atoms with van der Waals surface area (Å²) in [6.45, 7) is 1.38. The molecule has 0 heterocycles. The highest BCUT2D eigenvalue weighted by Gasteiger charge is 1.96. The summed E-state index contributed by atoms with van der Waals surface area (Å²) in [5.41, 5.74) is 0.0764. The largest absolute Gasteiger partial charge is 0.478 e. The van der Waals surface area contributed by atoms with Crippen molar-refractivity contribution in [2.45, 2.75) is 6.92 Å². The molecule has 0 unspecified atom stereocenters. The maximum Gasteiger partial charge on any atom is 0.334 e. The summed E-state index contributed by atoms with van der Waals surface area (Å²) in [7, 11) is 0. The highest BCUT2D eigenvalue weighted by molar-refractivity contribution is 5.85. The van der Waals surface area contributed by atoms with Crippen molar-refractivity contribution in [1.29, 1.82) is 0 Å². The molecule has 0 saturated carbocycles. The molecular weight excluding hydrogens is 110 g/mol. The average Bonchev–Trinajstić information content (AvgIpc) is 1.67. The third-order valence-corrected chi connectivity index (χ3v) is 0.582. The van der Waals surface area contributed by atoms with Crippen LogP contribution < -0.4 is 5.90 Å². The molecule has 0 fully saturated rings. The normalized spacial score (nSPS) is 11.0. The molecule has 0 aliphatic carbocycles. The van der Waals surface area contributed by atoms with Crippen molar-refractivity contribution in [3.8, 4) is 0 Å². The minimum absolute atomic E-state index is 0.0764. The Morgan fingerprint density at radius 3 is 2.50 bits per heavy atom. The Hall–Kier alpha value is -1.03. The zero-order chi connectivity index (χ0) is 6.57. The van der Waals surface area contributed by atoms with Crippen LogP contribution in [0.2, 0.25) is 0 Å². The monoisotopic (exact) mass is 117 g/mol. The predicted molar refractivity (Wildman–Crippen MR) is 26.7 cm³/mol. The number of carboxylic acids is 1. The molecule has 0 aromatic carbocycles. The van der Waals surface area contributed by atoms with Gasteiger partial charge in [0, 0.05) is 0 Å². The molecule has 4 heteroatoms. The van der Waals surface area contributed by atoms with Gasteiger partial charge in [0.05, 0.1) is 5.57 Å². The molecule has 0 rings (SSSR count). The summed E-state index contributed by atoms with van der Waals surface area (Å²) >= 11 is 0. The molecule has 8 heavy (non-hydrogen) atoms. The van der Waals surface area contributed by atoms with Crippen molar-refractivity contribution in [1.82, 2.24) is 0 Å². The van der Waals surface area contributed by atoms with E-state index in [-0.39, 0.29) is 5.57 Å². The maximum absolute atomic E-state index is 9.89. The van der Waals surface area contributed by atoms with Crippen molar-refractivity contribution < 1.29 is 14.7 Å². The van der Waals surface area contributed by atoms with Gasteiger partial charge in [-0.3, -0.25) is 0 Å². The quantitative estimate of drug-likeness (QED) is 0.300. The van der Waals surface area contributed by atoms with E-state index < -0.39 is 5.97 Å². The topological polar surface area (TPSA) is 72.5 Å². The second kappa shape index (κ2) is 3.04. The number of hydrogen-bond acceptors (Lipinski definition) is 3. The van der Waals surface area contributed by atoms with Crippen molar-refractivity contribution in [3.63, 3.8) is 0 Å². The number of rotatable bonds is 2. The lowest BCUT2D eigenvalue weighted by atomic mass is 10.4. The van der Waals surface area contributed by atoms with Gasteiger partial charge in [-0.15, -0.1) is 0 Å². The molecule has 0 amide bonds. The van der Waals surface area contributed by atoms with E-state index >= 15 is 0 Å². The molecule has 3 N–H and O–H groups in total. The van der Waals surface area contributed by atoms with E-state index in [2.05, 4.69) is 10.7 Å². The van der Waals surface area contributed by atoms with E-state index in [0.29, 0.717) is 0 Å². The Morgan fingerprint density at radius 2 is 2.38 bits per heavy atom. The number of aliphatic carboxylic acids is 1. The Morgan fingerprint density at radius 1 is 1.88 bits per heavy atom. The van der Waals surface area contributed by atoms with E-state index in [0.717, 1.165) is 6.26 Å². The Kier molecular flexibility index (Phi) is 2.64. The lowest BCUT2D eigenvalue weighted by Crippen LogP contribution is -1.99. The van der Waals surface area contributed by atoms with Gasteiger partial charge in [-0.25, -0.2) is 4.79 Å². The Balaban J connectivity index is 3.80. The highest BCUT2D eigenvalue weighted by atomic mass is 16.6. The van der Waals surface area contributed by atoms with E-state index in [1.165, 1.54) is 6.92 Å². The SMILES string of the molecule is CC(=CON)C(=O)O. The minimum Gasteiger partial charge on any atom is -0.478 e. The van der Waals surface area contributed by atoms with Gasteiger partial charge in [-0.05, 0) is 6.92 Å². The van der Waals surface area contributed by atoms with Crippen LogP contribution in [0.4, 0.5) is 0 Å². The van der Waals surface area contributed by atoms with Crippen LogP contribution in [0.3, 0.4) is 0 Å². The van der Waals surface area contributed by atoms with Gasteiger partial charge in [0.2, 0.25) is 0 Å². The lowest BCUT2D eigenvalue weighted by Gasteiger charge is -1.88. The van der Waals surface area contributed by atoms with Gasteiger partial charge in [-0.2, -0.15) is 5.90 Å². The number of hydrogen-bond donors (Lipinski definition) is 2. The molecule has 0 aromatic rings. The van der Waals surface area contributed by atoms with Gasteiger partial charge in [0.1, 0.15) is 6.26 Å². The fraction of sp³-hybridized carbons (Fsp3) is 0.250. The standard InChI is InChI=1S/C4H7NO3/c1-3(2-8-5)4(6)7/h2H,5H2,1H3,(H,6,7). The van der Waals surface area contributed by atoms with Crippen LogP contribution in [0.25, 0.3) is 0 Å². The molecule has 0 spiro atoms. The first kappa shape index (κ1) is 6.97. The van der Waals surface area contributed by atoms with Gasteiger partial charge in [0.15, 0.2) is 0 Å². The smallest absolute Gasteiger partial charge is 0.334 e. The van der Waals surface area contributed by atoms with Crippen LogP contribution in [0.15, 0.2) is 11.8 Å². The first-order chi connectivity index (χ1) is 3.68. The molecule has 0 aromatic heterocycles. The maximum atomic E-state index is 9.89. The third-order valence-electron chi connectivity index (χ3n) is 0.582. The molecule has 0 radical (unpaired) electrons. The third kappa shape index (κ3) is 2.20. The van der Waals surface area contributed by atoms with E-state index in [4.69, 9.17) is 5.11 Å². The van der Waals surface area contributed by atoms with E-state index in [1.807, 2.05) is 0 Å². The average molecular weight is 117 g/mol. The summed E-state index contributed by atoms with van der Waals surface area (Å²) in [5.74, 6) is 3.50.